The van der Waals surface area contributed by atoms with Crippen LogP contribution in [0.3, 0.4) is 0 Å². The van der Waals surface area contributed by atoms with Gasteiger partial charge in [0.05, 0.1) is 19.3 Å². The highest BCUT2D eigenvalue weighted by Crippen LogP contribution is 2.43. The highest BCUT2D eigenvalue weighted by atomic mass is 16.6. The number of epoxide rings is 1. The standard InChI is InChI=1S/C22H32O2/c1-16-2-4-17(5-3-16)18-6-8-19(9-7-18)20-10-12-21(13-11-20)23-14-22-15-24-22/h2-5,18-22H,6-15H2,1H3. The van der Waals surface area contributed by atoms with Gasteiger partial charge in [0.1, 0.15) is 6.10 Å². The van der Waals surface area contributed by atoms with Gasteiger partial charge in [0, 0.05) is 0 Å². The minimum Gasteiger partial charge on any atom is -0.375 e. The van der Waals surface area contributed by atoms with Crippen LogP contribution < -0.4 is 0 Å². The van der Waals surface area contributed by atoms with E-state index in [4.69, 9.17) is 9.47 Å². The molecule has 1 heterocycles. The van der Waals surface area contributed by atoms with Gasteiger partial charge < -0.3 is 9.47 Å². The van der Waals surface area contributed by atoms with Gasteiger partial charge >= 0.3 is 0 Å². The molecule has 3 aliphatic rings. The maximum absolute atomic E-state index is 6.00. The zero-order chi connectivity index (χ0) is 16.4. The third-order valence-corrected chi connectivity index (χ3v) is 6.63. The van der Waals surface area contributed by atoms with Gasteiger partial charge in [-0.15, -0.1) is 0 Å². The second-order valence-electron chi connectivity index (χ2n) is 8.35. The summed E-state index contributed by atoms with van der Waals surface area (Å²) in [5.74, 6) is 2.74. The minimum atomic E-state index is 0.416. The summed E-state index contributed by atoms with van der Waals surface area (Å²) in [4.78, 5) is 0. The highest BCUT2D eigenvalue weighted by Gasteiger charge is 2.32. The molecule has 132 valence electrons. The zero-order valence-corrected chi connectivity index (χ0v) is 15.1. The van der Waals surface area contributed by atoms with Gasteiger partial charge in [-0.1, -0.05) is 29.8 Å². The van der Waals surface area contributed by atoms with Gasteiger partial charge in [-0.05, 0) is 81.6 Å². The topological polar surface area (TPSA) is 21.8 Å². The number of ether oxygens (including phenoxy) is 2. The number of aryl methyl sites for hydroxylation is 1. The summed E-state index contributed by atoms with van der Waals surface area (Å²) >= 11 is 0. The Labute approximate surface area is 146 Å². The van der Waals surface area contributed by atoms with Crippen molar-refractivity contribution in [3.05, 3.63) is 35.4 Å². The first-order valence-corrected chi connectivity index (χ1v) is 10.1. The van der Waals surface area contributed by atoms with Crippen molar-refractivity contribution in [1.82, 2.24) is 0 Å². The molecule has 1 aliphatic heterocycles. The van der Waals surface area contributed by atoms with Gasteiger partial charge in [0.2, 0.25) is 0 Å². The van der Waals surface area contributed by atoms with Crippen LogP contribution in [0.2, 0.25) is 0 Å². The Bertz CT molecular complexity index is 503. The van der Waals surface area contributed by atoms with Crippen molar-refractivity contribution in [3.8, 4) is 0 Å². The maximum atomic E-state index is 6.00. The molecule has 1 unspecified atom stereocenters. The molecule has 1 saturated heterocycles. The predicted molar refractivity (Wildman–Crippen MR) is 97.3 cm³/mol. The Morgan fingerprint density at radius 1 is 0.875 bits per heavy atom. The van der Waals surface area contributed by atoms with Crippen molar-refractivity contribution in [2.75, 3.05) is 13.2 Å². The van der Waals surface area contributed by atoms with Crippen molar-refractivity contribution < 1.29 is 9.47 Å². The lowest BCUT2D eigenvalue weighted by Crippen LogP contribution is -2.29. The average Bonchev–Trinajstić information content (AvgIpc) is 3.46. The first kappa shape index (κ1) is 16.6. The third kappa shape index (κ3) is 4.21. The fourth-order valence-corrected chi connectivity index (χ4v) is 4.90. The molecule has 24 heavy (non-hydrogen) atoms. The molecule has 0 N–H and O–H groups in total. The van der Waals surface area contributed by atoms with Crippen LogP contribution in [0.5, 0.6) is 0 Å². The molecule has 3 fully saturated rings. The van der Waals surface area contributed by atoms with E-state index in [0.29, 0.717) is 12.2 Å². The lowest BCUT2D eigenvalue weighted by molar-refractivity contribution is 0.00133. The molecule has 1 aromatic rings. The zero-order valence-electron chi connectivity index (χ0n) is 15.1. The largest absolute Gasteiger partial charge is 0.375 e. The summed E-state index contributed by atoms with van der Waals surface area (Å²) < 4.78 is 11.2. The van der Waals surface area contributed by atoms with E-state index < -0.39 is 0 Å². The lowest BCUT2D eigenvalue weighted by atomic mass is 9.69. The van der Waals surface area contributed by atoms with Crippen LogP contribution >= 0.6 is 0 Å². The number of hydrogen-bond acceptors (Lipinski definition) is 2. The summed E-state index contributed by atoms with van der Waals surface area (Å²) in [6.07, 6.45) is 11.9. The van der Waals surface area contributed by atoms with E-state index in [-0.39, 0.29) is 0 Å². The molecule has 1 atom stereocenters. The molecular formula is C22H32O2. The van der Waals surface area contributed by atoms with Gasteiger partial charge in [-0.25, -0.2) is 0 Å². The van der Waals surface area contributed by atoms with E-state index >= 15 is 0 Å². The van der Waals surface area contributed by atoms with E-state index in [1.807, 2.05) is 0 Å². The van der Waals surface area contributed by atoms with Crippen LogP contribution in [0.4, 0.5) is 0 Å². The van der Waals surface area contributed by atoms with Crippen molar-refractivity contribution in [1.29, 1.82) is 0 Å². The summed E-state index contributed by atoms with van der Waals surface area (Å²) in [6.45, 7) is 3.93. The second-order valence-corrected chi connectivity index (χ2v) is 8.35. The molecule has 0 aromatic heterocycles. The van der Waals surface area contributed by atoms with Crippen molar-refractivity contribution in [3.63, 3.8) is 0 Å². The van der Waals surface area contributed by atoms with Crippen molar-refractivity contribution in [2.24, 2.45) is 11.8 Å². The quantitative estimate of drug-likeness (QED) is 0.689. The highest BCUT2D eigenvalue weighted by molar-refractivity contribution is 5.24. The van der Waals surface area contributed by atoms with Crippen LogP contribution in [0, 0.1) is 18.8 Å². The van der Waals surface area contributed by atoms with E-state index in [1.54, 1.807) is 5.56 Å². The normalized spacial score (nSPS) is 36.5. The monoisotopic (exact) mass is 328 g/mol. The molecule has 2 heteroatoms. The van der Waals surface area contributed by atoms with E-state index in [2.05, 4.69) is 31.2 Å². The second kappa shape index (κ2) is 7.58. The van der Waals surface area contributed by atoms with Crippen LogP contribution in [-0.2, 0) is 9.47 Å². The van der Waals surface area contributed by atoms with E-state index in [9.17, 15) is 0 Å². The smallest absolute Gasteiger partial charge is 0.104 e. The van der Waals surface area contributed by atoms with Gasteiger partial charge in [0.25, 0.3) is 0 Å². The fraction of sp³-hybridized carbons (Fsp3) is 0.727. The third-order valence-electron chi connectivity index (χ3n) is 6.63. The van der Waals surface area contributed by atoms with E-state index in [1.165, 1.54) is 56.9 Å². The Balaban J connectivity index is 1.21. The molecule has 2 aliphatic carbocycles. The Kier molecular flexibility index (Phi) is 5.24. The SMILES string of the molecule is Cc1ccc(C2CCC(C3CCC(OCC4CO4)CC3)CC2)cc1. The van der Waals surface area contributed by atoms with Crippen molar-refractivity contribution in [2.45, 2.75) is 76.4 Å². The van der Waals surface area contributed by atoms with Crippen LogP contribution in [-0.4, -0.2) is 25.4 Å². The first-order valence-electron chi connectivity index (χ1n) is 10.1. The number of hydrogen-bond donors (Lipinski definition) is 0. The molecule has 0 bridgehead atoms. The van der Waals surface area contributed by atoms with Crippen LogP contribution in [0.15, 0.2) is 24.3 Å². The van der Waals surface area contributed by atoms with Gasteiger partial charge in [-0.2, -0.15) is 0 Å². The van der Waals surface area contributed by atoms with Gasteiger partial charge in [0.15, 0.2) is 0 Å². The number of benzene rings is 1. The Morgan fingerprint density at radius 3 is 2.04 bits per heavy atom. The van der Waals surface area contributed by atoms with Crippen LogP contribution in [0.25, 0.3) is 0 Å². The Morgan fingerprint density at radius 2 is 1.46 bits per heavy atom. The summed E-state index contributed by atoms with van der Waals surface area (Å²) in [5, 5.41) is 0. The molecule has 0 amide bonds. The minimum absolute atomic E-state index is 0.416. The van der Waals surface area contributed by atoms with Crippen molar-refractivity contribution >= 4 is 0 Å². The summed E-state index contributed by atoms with van der Waals surface area (Å²) in [5.41, 5.74) is 2.94. The molecule has 0 spiro atoms. The molecular weight excluding hydrogens is 296 g/mol. The van der Waals surface area contributed by atoms with E-state index in [0.717, 1.165) is 31.0 Å². The fourth-order valence-electron chi connectivity index (χ4n) is 4.90. The molecule has 4 rings (SSSR count). The lowest BCUT2D eigenvalue weighted by Gasteiger charge is -2.38. The maximum Gasteiger partial charge on any atom is 0.104 e. The predicted octanol–water partition coefficient (Wildman–Crippen LogP) is 5.24. The molecule has 2 saturated carbocycles. The average molecular weight is 328 g/mol. The number of rotatable bonds is 5. The summed E-state index contributed by atoms with van der Waals surface area (Å²) in [6, 6.07) is 9.25. The molecule has 2 nitrogen and oxygen atoms in total. The summed E-state index contributed by atoms with van der Waals surface area (Å²) in [7, 11) is 0. The van der Waals surface area contributed by atoms with Crippen LogP contribution in [0.1, 0.15) is 68.4 Å². The Hall–Kier alpha value is -0.860. The molecule has 1 aromatic carbocycles. The van der Waals surface area contributed by atoms with Gasteiger partial charge in [-0.3, -0.25) is 0 Å². The molecule has 0 radical (unpaired) electrons. The first-order chi connectivity index (χ1) is 11.8.